The van der Waals surface area contributed by atoms with Gasteiger partial charge in [0.25, 0.3) is 0 Å². The lowest BCUT2D eigenvalue weighted by Gasteiger charge is -2.35. The summed E-state index contributed by atoms with van der Waals surface area (Å²) in [5, 5.41) is 3.98. The number of amides is 1. The highest BCUT2D eigenvalue weighted by atomic mass is 35.5. The zero-order valence-corrected chi connectivity index (χ0v) is 24.7. The Bertz CT molecular complexity index is 1950. The normalized spacial score (nSPS) is 15.5. The highest BCUT2D eigenvalue weighted by Crippen LogP contribution is 2.32. The lowest BCUT2D eigenvalue weighted by atomic mass is 9.95. The Labute approximate surface area is 249 Å². The molecule has 214 valence electrons. The first-order valence-corrected chi connectivity index (χ1v) is 15.4. The van der Waals surface area contributed by atoms with Crippen molar-refractivity contribution in [2.75, 3.05) is 5.32 Å². The van der Waals surface area contributed by atoms with E-state index in [4.69, 9.17) is 11.6 Å². The molecule has 1 aliphatic rings. The second-order valence-corrected chi connectivity index (χ2v) is 13.0. The van der Waals surface area contributed by atoms with Crippen LogP contribution < -0.4 is 5.32 Å². The van der Waals surface area contributed by atoms with Crippen LogP contribution in [0.3, 0.4) is 0 Å². The lowest BCUT2D eigenvalue weighted by Crippen LogP contribution is -2.50. The van der Waals surface area contributed by atoms with E-state index in [-0.39, 0.29) is 22.9 Å². The Hall–Kier alpha value is -3.98. The van der Waals surface area contributed by atoms with Gasteiger partial charge in [0.15, 0.2) is 0 Å². The minimum absolute atomic E-state index is 0.0755. The zero-order chi connectivity index (χ0) is 29.6. The maximum Gasteiger partial charge on any atom is 0.244 e. The van der Waals surface area contributed by atoms with E-state index in [2.05, 4.69) is 5.32 Å². The van der Waals surface area contributed by atoms with Crippen molar-refractivity contribution >= 4 is 44.1 Å². The van der Waals surface area contributed by atoms with Crippen molar-refractivity contribution in [3.8, 4) is 0 Å². The van der Waals surface area contributed by atoms with Crippen molar-refractivity contribution in [3.63, 3.8) is 0 Å². The van der Waals surface area contributed by atoms with E-state index >= 15 is 0 Å². The molecule has 1 aliphatic heterocycles. The van der Waals surface area contributed by atoms with Crippen molar-refractivity contribution in [2.45, 2.75) is 44.3 Å². The standard InChI is InChI=1S/C33H29ClFN3O3S/c1-21-10-11-22(2)31(16-21)42(40,41)38-20-25-7-4-3-6-24(25)17-30(38)33(39)36-27-13-12-23-14-15-37(29(23)18-27)19-26-8-5-9-28(35)32(26)34/h3-16,18,30H,17,19-20H2,1-2H3,(H,36,39). The Morgan fingerprint density at radius 1 is 0.976 bits per heavy atom. The molecule has 0 bridgehead atoms. The molecule has 1 aromatic heterocycles. The number of halogens is 2. The number of benzene rings is 4. The van der Waals surface area contributed by atoms with E-state index in [0.717, 1.165) is 27.6 Å². The molecule has 1 unspecified atom stereocenters. The third kappa shape index (κ3) is 5.22. The van der Waals surface area contributed by atoms with Gasteiger partial charge in [0.05, 0.1) is 15.4 Å². The van der Waals surface area contributed by atoms with Crippen LogP contribution in [0.25, 0.3) is 10.9 Å². The predicted molar refractivity (Wildman–Crippen MR) is 164 cm³/mol. The Balaban J connectivity index is 1.33. The van der Waals surface area contributed by atoms with E-state index < -0.39 is 27.8 Å². The van der Waals surface area contributed by atoms with Crippen molar-refractivity contribution in [1.29, 1.82) is 0 Å². The smallest absolute Gasteiger partial charge is 0.244 e. The molecular weight excluding hydrogens is 573 g/mol. The molecule has 0 radical (unpaired) electrons. The number of carbonyl (C=O) groups is 1. The molecule has 0 spiro atoms. The molecule has 4 aromatic carbocycles. The first kappa shape index (κ1) is 28.2. The van der Waals surface area contributed by atoms with Crippen molar-refractivity contribution < 1.29 is 17.6 Å². The number of carbonyl (C=O) groups excluding carboxylic acids is 1. The number of aromatic nitrogens is 1. The molecule has 1 N–H and O–H groups in total. The fourth-order valence-corrected chi connectivity index (χ4v) is 7.63. The molecule has 1 amide bonds. The van der Waals surface area contributed by atoms with Gasteiger partial charge in [-0.25, -0.2) is 12.8 Å². The highest BCUT2D eigenvalue weighted by molar-refractivity contribution is 7.89. The fourth-order valence-electron chi connectivity index (χ4n) is 5.57. The molecular formula is C33H29ClFN3O3S. The molecule has 6 rings (SSSR count). The number of nitrogens with one attached hydrogen (secondary N) is 1. The van der Waals surface area contributed by atoms with E-state index in [9.17, 15) is 17.6 Å². The Kier molecular flexibility index (Phi) is 7.39. The summed E-state index contributed by atoms with van der Waals surface area (Å²) >= 11 is 6.20. The number of anilines is 1. The van der Waals surface area contributed by atoms with Gasteiger partial charge in [-0.1, -0.05) is 66.2 Å². The van der Waals surface area contributed by atoms with Crippen LogP contribution in [0.2, 0.25) is 5.02 Å². The summed E-state index contributed by atoms with van der Waals surface area (Å²) in [6, 6.07) is 24.2. The number of aryl methyl sites for hydroxylation is 2. The quantitative estimate of drug-likeness (QED) is 0.231. The molecule has 1 atom stereocenters. The van der Waals surface area contributed by atoms with Crippen LogP contribution in [0.4, 0.5) is 10.1 Å². The summed E-state index contributed by atoms with van der Waals surface area (Å²) < 4.78 is 45.4. The summed E-state index contributed by atoms with van der Waals surface area (Å²) in [7, 11) is -3.99. The molecule has 5 aromatic rings. The molecule has 2 heterocycles. The maximum atomic E-state index is 14.1. The number of nitrogens with zero attached hydrogens (tertiary/aromatic N) is 2. The topological polar surface area (TPSA) is 71.4 Å². The molecule has 42 heavy (non-hydrogen) atoms. The second kappa shape index (κ2) is 11.0. The van der Waals surface area contributed by atoms with Gasteiger partial charge in [-0.2, -0.15) is 4.31 Å². The van der Waals surface area contributed by atoms with Gasteiger partial charge in [-0.05, 0) is 83.8 Å². The van der Waals surface area contributed by atoms with E-state index in [1.807, 2.05) is 66.2 Å². The minimum Gasteiger partial charge on any atom is -0.343 e. The number of hydrogen-bond donors (Lipinski definition) is 1. The van der Waals surface area contributed by atoms with E-state index in [1.165, 1.54) is 10.4 Å². The minimum atomic E-state index is -3.99. The van der Waals surface area contributed by atoms with Gasteiger partial charge in [-0.3, -0.25) is 4.79 Å². The van der Waals surface area contributed by atoms with Crippen LogP contribution >= 0.6 is 11.6 Å². The average Bonchev–Trinajstić information content (AvgIpc) is 3.37. The van der Waals surface area contributed by atoms with Crippen molar-refractivity contribution in [1.82, 2.24) is 8.87 Å². The van der Waals surface area contributed by atoms with Gasteiger partial charge < -0.3 is 9.88 Å². The van der Waals surface area contributed by atoms with Crippen LogP contribution in [-0.2, 0) is 34.3 Å². The molecule has 0 saturated carbocycles. The lowest BCUT2D eigenvalue weighted by molar-refractivity contribution is -0.120. The van der Waals surface area contributed by atoms with Crippen LogP contribution in [0, 0.1) is 19.7 Å². The number of sulfonamides is 1. The Morgan fingerprint density at radius 2 is 1.76 bits per heavy atom. The van der Waals surface area contributed by atoms with Gasteiger partial charge in [0.2, 0.25) is 15.9 Å². The van der Waals surface area contributed by atoms with Crippen LogP contribution in [0.15, 0.2) is 96.0 Å². The largest absolute Gasteiger partial charge is 0.343 e. The average molecular weight is 602 g/mol. The SMILES string of the molecule is Cc1ccc(C)c(S(=O)(=O)N2Cc3ccccc3CC2C(=O)Nc2ccc3ccn(Cc4cccc(F)c4Cl)c3c2)c1. The van der Waals surface area contributed by atoms with Crippen LogP contribution in [-0.4, -0.2) is 29.2 Å². The van der Waals surface area contributed by atoms with Gasteiger partial charge in [0.1, 0.15) is 11.9 Å². The number of hydrogen-bond acceptors (Lipinski definition) is 3. The molecule has 0 fully saturated rings. The number of fused-ring (bicyclic) bond motifs is 2. The summed E-state index contributed by atoms with van der Waals surface area (Å²) in [6.45, 7) is 4.06. The first-order valence-electron chi connectivity index (χ1n) is 13.6. The summed E-state index contributed by atoms with van der Waals surface area (Å²) in [5.41, 5.74) is 5.27. The van der Waals surface area contributed by atoms with Crippen LogP contribution in [0.1, 0.15) is 27.8 Å². The van der Waals surface area contributed by atoms with E-state index in [0.29, 0.717) is 23.4 Å². The summed E-state index contributed by atoms with van der Waals surface area (Å²) in [4.78, 5) is 14.1. The van der Waals surface area contributed by atoms with Gasteiger partial charge in [-0.15, -0.1) is 0 Å². The zero-order valence-electron chi connectivity index (χ0n) is 23.1. The van der Waals surface area contributed by atoms with Crippen molar-refractivity contribution in [3.05, 3.63) is 130 Å². The highest BCUT2D eigenvalue weighted by Gasteiger charge is 2.40. The van der Waals surface area contributed by atoms with E-state index in [1.54, 1.807) is 37.3 Å². The number of rotatable bonds is 6. The molecule has 6 nitrogen and oxygen atoms in total. The van der Waals surface area contributed by atoms with Gasteiger partial charge in [0, 0.05) is 25.0 Å². The predicted octanol–water partition coefficient (Wildman–Crippen LogP) is 6.85. The third-order valence-corrected chi connectivity index (χ3v) is 10.3. The third-order valence-electron chi connectivity index (χ3n) is 7.85. The molecule has 0 saturated heterocycles. The summed E-state index contributed by atoms with van der Waals surface area (Å²) in [5.74, 6) is -0.892. The monoisotopic (exact) mass is 601 g/mol. The fraction of sp³-hybridized carbons (Fsp3) is 0.182. The van der Waals surface area contributed by atoms with Crippen LogP contribution in [0.5, 0.6) is 0 Å². The van der Waals surface area contributed by atoms with Gasteiger partial charge >= 0.3 is 0 Å². The molecule has 0 aliphatic carbocycles. The molecule has 9 heteroatoms. The first-order chi connectivity index (χ1) is 20.1. The second-order valence-electron chi connectivity index (χ2n) is 10.7. The maximum absolute atomic E-state index is 14.1. The van der Waals surface area contributed by atoms with Crippen molar-refractivity contribution in [2.24, 2.45) is 0 Å². The summed E-state index contributed by atoms with van der Waals surface area (Å²) in [6.07, 6.45) is 2.14. The Morgan fingerprint density at radius 3 is 2.57 bits per heavy atom.